The Morgan fingerprint density at radius 3 is 2.69 bits per heavy atom. The van der Waals surface area contributed by atoms with Crippen LogP contribution in [0.5, 0.6) is 11.5 Å². The predicted octanol–water partition coefficient (Wildman–Crippen LogP) is 1.20. The topological polar surface area (TPSA) is 98.6 Å². The fraction of sp³-hybridized carbons (Fsp3) is 0.400. The van der Waals surface area contributed by atoms with Crippen molar-refractivity contribution < 1.29 is 14.8 Å². The van der Waals surface area contributed by atoms with Crippen molar-refractivity contribution >= 4 is 5.69 Å². The van der Waals surface area contributed by atoms with Gasteiger partial charge in [0.1, 0.15) is 0 Å². The number of nitrogens with two attached hydrogens (primary N) is 1. The maximum atomic E-state index is 10.7. The number of phenols is 1. The van der Waals surface area contributed by atoms with E-state index >= 15 is 0 Å². The molecule has 1 rings (SSSR count). The summed E-state index contributed by atoms with van der Waals surface area (Å²) in [5.41, 5.74) is 5.90. The number of benzene rings is 1. The summed E-state index contributed by atoms with van der Waals surface area (Å²) in [5, 5.41) is 20.2. The number of methoxy groups -OCH3 is 1. The van der Waals surface area contributed by atoms with Gasteiger partial charge in [0.25, 0.3) is 0 Å². The molecule has 0 bridgehead atoms. The maximum absolute atomic E-state index is 10.7. The number of rotatable bonds is 4. The van der Waals surface area contributed by atoms with Crippen LogP contribution in [0.1, 0.15) is 12.5 Å². The minimum atomic E-state index is -0.650. The molecule has 1 unspecified atom stereocenters. The highest BCUT2D eigenvalue weighted by molar-refractivity contribution is 5.57. The molecule has 0 saturated carbocycles. The Hall–Kier alpha value is -1.82. The fourth-order valence-electron chi connectivity index (χ4n) is 1.43. The van der Waals surface area contributed by atoms with E-state index < -0.39 is 10.7 Å². The van der Waals surface area contributed by atoms with E-state index in [-0.39, 0.29) is 17.5 Å². The zero-order chi connectivity index (χ0) is 12.3. The van der Waals surface area contributed by atoms with Gasteiger partial charge in [-0.2, -0.15) is 0 Å². The smallest absolute Gasteiger partial charge is 0.314 e. The van der Waals surface area contributed by atoms with Crippen LogP contribution in [0.3, 0.4) is 0 Å². The molecule has 6 heteroatoms. The minimum absolute atomic E-state index is 0.0878. The number of nitro groups is 1. The second-order valence-corrected chi connectivity index (χ2v) is 3.60. The quantitative estimate of drug-likeness (QED) is 0.593. The van der Waals surface area contributed by atoms with Gasteiger partial charge in [-0.25, -0.2) is 0 Å². The summed E-state index contributed by atoms with van der Waals surface area (Å²) in [4.78, 5) is 10.0. The van der Waals surface area contributed by atoms with Crippen LogP contribution in [0.2, 0.25) is 0 Å². The van der Waals surface area contributed by atoms with Crippen LogP contribution in [0.15, 0.2) is 12.1 Å². The molecule has 0 amide bonds. The lowest BCUT2D eigenvalue weighted by atomic mass is 10.1. The van der Waals surface area contributed by atoms with Crippen LogP contribution >= 0.6 is 0 Å². The first-order chi connectivity index (χ1) is 7.45. The Morgan fingerprint density at radius 2 is 2.25 bits per heavy atom. The van der Waals surface area contributed by atoms with Gasteiger partial charge in [-0.3, -0.25) is 10.1 Å². The molecule has 0 fully saturated rings. The van der Waals surface area contributed by atoms with Crippen LogP contribution < -0.4 is 10.5 Å². The van der Waals surface area contributed by atoms with Crippen LogP contribution in [0, 0.1) is 10.1 Å². The van der Waals surface area contributed by atoms with Gasteiger partial charge in [0.15, 0.2) is 5.75 Å². The van der Waals surface area contributed by atoms with Crippen molar-refractivity contribution in [3.8, 4) is 11.5 Å². The molecular formula is C10H14N2O4. The molecule has 0 aliphatic carbocycles. The van der Waals surface area contributed by atoms with Gasteiger partial charge in [0.05, 0.1) is 12.0 Å². The maximum Gasteiger partial charge on any atom is 0.314 e. The summed E-state index contributed by atoms with van der Waals surface area (Å²) < 4.78 is 4.86. The van der Waals surface area contributed by atoms with Gasteiger partial charge in [-0.15, -0.1) is 0 Å². The molecule has 0 saturated heterocycles. The molecule has 3 N–H and O–H groups in total. The molecule has 88 valence electrons. The standard InChI is InChI=1S/C10H14N2O4/c1-6(11)3-7-4-8(12(14)15)10(13)9(5-7)16-2/h4-6,13H,3,11H2,1-2H3. The molecule has 0 aliphatic heterocycles. The van der Waals surface area contributed by atoms with E-state index in [1.165, 1.54) is 13.2 Å². The number of phenolic OH excluding ortho intramolecular Hbond substituents is 1. The summed E-state index contributed by atoms with van der Waals surface area (Å²) in [6.45, 7) is 1.80. The summed E-state index contributed by atoms with van der Waals surface area (Å²) >= 11 is 0. The van der Waals surface area contributed by atoms with Crippen molar-refractivity contribution in [3.63, 3.8) is 0 Å². The Balaban J connectivity index is 3.23. The van der Waals surface area contributed by atoms with Gasteiger partial charge in [-0.1, -0.05) is 0 Å². The highest BCUT2D eigenvalue weighted by Gasteiger charge is 2.19. The van der Waals surface area contributed by atoms with Crippen molar-refractivity contribution in [3.05, 3.63) is 27.8 Å². The molecule has 0 radical (unpaired) electrons. The Morgan fingerprint density at radius 1 is 1.62 bits per heavy atom. The highest BCUT2D eigenvalue weighted by Crippen LogP contribution is 2.37. The lowest BCUT2D eigenvalue weighted by Gasteiger charge is -2.09. The van der Waals surface area contributed by atoms with E-state index in [0.717, 1.165) is 0 Å². The summed E-state index contributed by atoms with van der Waals surface area (Å²) in [6.07, 6.45) is 0.484. The summed E-state index contributed by atoms with van der Waals surface area (Å²) in [6, 6.07) is 2.74. The van der Waals surface area contributed by atoms with Crippen molar-refractivity contribution in [1.82, 2.24) is 0 Å². The van der Waals surface area contributed by atoms with E-state index in [1.54, 1.807) is 13.0 Å². The molecule has 0 spiro atoms. The Bertz CT molecular complexity index is 404. The van der Waals surface area contributed by atoms with Gasteiger partial charge < -0.3 is 15.6 Å². The zero-order valence-electron chi connectivity index (χ0n) is 9.14. The second-order valence-electron chi connectivity index (χ2n) is 3.60. The minimum Gasteiger partial charge on any atom is -0.500 e. The van der Waals surface area contributed by atoms with Crippen LogP contribution in [-0.4, -0.2) is 23.2 Å². The summed E-state index contributed by atoms with van der Waals surface area (Å²) in [7, 11) is 1.34. The SMILES string of the molecule is COc1cc(CC(C)N)cc([N+](=O)[O-])c1O. The second kappa shape index (κ2) is 4.80. The molecule has 1 atom stereocenters. The molecule has 0 aliphatic rings. The van der Waals surface area contributed by atoms with Crippen molar-refractivity contribution in [1.29, 1.82) is 0 Å². The zero-order valence-corrected chi connectivity index (χ0v) is 9.14. The van der Waals surface area contributed by atoms with E-state index in [4.69, 9.17) is 10.5 Å². The average Bonchev–Trinajstić information content (AvgIpc) is 2.19. The lowest BCUT2D eigenvalue weighted by Crippen LogP contribution is -2.17. The average molecular weight is 226 g/mol. The van der Waals surface area contributed by atoms with Crippen LogP contribution in [0.25, 0.3) is 0 Å². The largest absolute Gasteiger partial charge is 0.500 e. The molecule has 16 heavy (non-hydrogen) atoms. The van der Waals surface area contributed by atoms with E-state index in [1.807, 2.05) is 0 Å². The van der Waals surface area contributed by atoms with Crippen molar-refractivity contribution in [2.75, 3.05) is 7.11 Å². The van der Waals surface area contributed by atoms with Gasteiger partial charge in [0, 0.05) is 12.1 Å². The summed E-state index contributed by atoms with van der Waals surface area (Å²) in [5.74, 6) is -0.370. The Labute approximate surface area is 92.8 Å². The third-order valence-electron chi connectivity index (χ3n) is 2.09. The molecule has 6 nitrogen and oxygen atoms in total. The molecular weight excluding hydrogens is 212 g/mol. The predicted molar refractivity (Wildman–Crippen MR) is 58.7 cm³/mol. The monoisotopic (exact) mass is 226 g/mol. The highest BCUT2D eigenvalue weighted by atomic mass is 16.6. The van der Waals surface area contributed by atoms with Gasteiger partial charge in [-0.05, 0) is 25.0 Å². The number of nitrogens with zero attached hydrogens (tertiary/aromatic N) is 1. The normalized spacial score (nSPS) is 12.2. The molecule has 0 heterocycles. The third-order valence-corrected chi connectivity index (χ3v) is 2.09. The van der Waals surface area contributed by atoms with Crippen LogP contribution in [-0.2, 0) is 6.42 Å². The Kier molecular flexibility index (Phi) is 3.68. The van der Waals surface area contributed by atoms with Gasteiger partial charge in [0.2, 0.25) is 5.75 Å². The van der Waals surface area contributed by atoms with Gasteiger partial charge >= 0.3 is 5.69 Å². The van der Waals surface area contributed by atoms with E-state index in [0.29, 0.717) is 12.0 Å². The van der Waals surface area contributed by atoms with E-state index in [2.05, 4.69) is 0 Å². The molecule has 1 aromatic carbocycles. The third kappa shape index (κ3) is 2.60. The first-order valence-electron chi connectivity index (χ1n) is 4.75. The first kappa shape index (κ1) is 12.3. The number of nitro benzene ring substituents is 1. The number of hydrogen-bond acceptors (Lipinski definition) is 5. The molecule has 1 aromatic rings. The van der Waals surface area contributed by atoms with Crippen molar-refractivity contribution in [2.45, 2.75) is 19.4 Å². The molecule has 0 aromatic heterocycles. The lowest BCUT2D eigenvalue weighted by molar-refractivity contribution is -0.386. The first-order valence-corrected chi connectivity index (χ1v) is 4.75. The fourth-order valence-corrected chi connectivity index (χ4v) is 1.43. The van der Waals surface area contributed by atoms with Crippen molar-refractivity contribution in [2.24, 2.45) is 5.73 Å². The number of hydrogen-bond donors (Lipinski definition) is 2. The van der Waals surface area contributed by atoms with E-state index in [9.17, 15) is 15.2 Å². The van der Waals surface area contributed by atoms with Crippen LogP contribution in [0.4, 0.5) is 5.69 Å². The number of aromatic hydroxyl groups is 1. The number of ether oxygens (including phenoxy) is 1.